The summed E-state index contributed by atoms with van der Waals surface area (Å²) >= 11 is 3.50. The minimum absolute atomic E-state index is 0.272. The molecule has 4 nitrogen and oxygen atoms in total. The number of hydrogen-bond acceptors (Lipinski definition) is 4. The standard InChI is InChI=1S/C18H21BrFNO3/c1-12(22)9-21-10-14-7-16(19)18(17(8-14)23-2)24-11-13-3-5-15(20)6-4-13/h3-8,12,21-22H,9-11H2,1-2H3/t12-/m1/s1. The lowest BCUT2D eigenvalue weighted by molar-refractivity contribution is 0.191. The maximum atomic E-state index is 12.9. The van der Waals surface area contributed by atoms with Gasteiger partial charge in [-0.2, -0.15) is 0 Å². The van der Waals surface area contributed by atoms with E-state index in [0.717, 1.165) is 15.6 Å². The lowest BCUT2D eigenvalue weighted by Crippen LogP contribution is -2.23. The molecule has 0 heterocycles. The summed E-state index contributed by atoms with van der Waals surface area (Å²) in [4.78, 5) is 0. The molecule has 0 aliphatic carbocycles. The molecule has 6 heteroatoms. The van der Waals surface area contributed by atoms with Crippen LogP contribution in [0, 0.1) is 5.82 Å². The van der Waals surface area contributed by atoms with E-state index < -0.39 is 6.10 Å². The number of benzene rings is 2. The fraction of sp³-hybridized carbons (Fsp3) is 0.333. The average molecular weight is 398 g/mol. The first-order valence-corrected chi connectivity index (χ1v) is 8.41. The molecule has 0 saturated heterocycles. The molecule has 2 aromatic carbocycles. The number of aliphatic hydroxyl groups excluding tert-OH is 1. The van der Waals surface area contributed by atoms with Crippen molar-refractivity contribution in [2.75, 3.05) is 13.7 Å². The van der Waals surface area contributed by atoms with Gasteiger partial charge in [-0.05, 0) is 58.2 Å². The highest BCUT2D eigenvalue weighted by Crippen LogP contribution is 2.37. The smallest absolute Gasteiger partial charge is 0.175 e. The second-order valence-electron chi connectivity index (χ2n) is 5.50. The van der Waals surface area contributed by atoms with E-state index in [0.29, 0.717) is 31.2 Å². The molecule has 0 fully saturated rings. The summed E-state index contributed by atoms with van der Waals surface area (Å²) in [7, 11) is 1.58. The Balaban J connectivity index is 2.07. The largest absolute Gasteiger partial charge is 0.493 e. The molecular weight excluding hydrogens is 377 g/mol. The van der Waals surface area contributed by atoms with Gasteiger partial charge in [-0.3, -0.25) is 0 Å². The number of halogens is 2. The molecule has 130 valence electrons. The number of ether oxygens (including phenoxy) is 2. The number of hydrogen-bond donors (Lipinski definition) is 2. The summed E-state index contributed by atoms with van der Waals surface area (Å²) in [6.45, 7) is 3.17. The molecule has 2 aromatic rings. The molecule has 0 aliphatic rings. The first kappa shape index (κ1) is 18.7. The zero-order valence-corrected chi connectivity index (χ0v) is 15.3. The summed E-state index contributed by atoms with van der Waals surface area (Å²) in [6, 6.07) is 10.0. The Bertz CT molecular complexity index is 662. The van der Waals surface area contributed by atoms with Crippen molar-refractivity contribution >= 4 is 15.9 Å². The summed E-state index contributed by atoms with van der Waals surface area (Å²) in [5.41, 5.74) is 1.88. The third-order valence-electron chi connectivity index (χ3n) is 3.35. The van der Waals surface area contributed by atoms with Crippen molar-refractivity contribution in [3.8, 4) is 11.5 Å². The third kappa shape index (κ3) is 5.47. The van der Waals surface area contributed by atoms with E-state index in [1.165, 1.54) is 12.1 Å². The van der Waals surface area contributed by atoms with Crippen LogP contribution in [-0.2, 0) is 13.2 Å². The quantitative estimate of drug-likeness (QED) is 0.713. The molecule has 2 N–H and O–H groups in total. The molecule has 2 rings (SSSR count). The molecule has 0 radical (unpaired) electrons. The van der Waals surface area contributed by atoms with E-state index in [4.69, 9.17) is 9.47 Å². The van der Waals surface area contributed by atoms with Crippen LogP contribution < -0.4 is 14.8 Å². The van der Waals surface area contributed by atoms with E-state index in [-0.39, 0.29) is 5.82 Å². The number of nitrogens with one attached hydrogen (secondary N) is 1. The lowest BCUT2D eigenvalue weighted by atomic mass is 10.2. The van der Waals surface area contributed by atoms with Crippen LogP contribution in [0.5, 0.6) is 11.5 Å². The zero-order chi connectivity index (χ0) is 17.5. The molecule has 0 amide bonds. The second kappa shape index (κ2) is 9.01. The van der Waals surface area contributed by atoms with Gasteiger partial charge in [0.2, 0.25) is 0 Å². The molecule has 0 aliphatic heterocycles. The lowest BCUT2D eigenvalue weighted by Gasteiger charge is -2.15. The zero-order valence-electron chi connectivity index (χ0n) is 13.7. The van der Waals surface area contributed by atoms with Crippen molar-refractivity contribution in [1.29, 1.82) is 0 Å². The van der Waals surface area contributed by atoms with E-state index in [2.05, 4.69) is 21.2 Å². The van der Waals surface area contributed by atoms with Crippen LogP contribution in [0.2, 0.25) is 0 Å². The van der Waals surface area contributed by atoms with Gasteiger partial charge in [-0.1, -0.05) is 12.1 Å². The van der Waals surface area contributed by atoms with E-state index in [1.807, 2.05) is 12.1 Å². The van der Waals surface area contributed by atoms with Crippen molar-refractivity contribution < 1.29 is 19.0 Å². The van der Waals surface area contributed by atoms with Crippen LogP contribution >= 0.6 is 15.9 Å². The molecule has 1 atom stereocenters. The highest BCUT2D eigenvalue weighted by atomic mass is 79.9. The first-order valence-electron chi connectivity index (χ1n) is 7.62. The van der Waals surface area contributed by atoms with E-state index in [9.17, 15) is 9.50 Å². The molecule has 0 unspecified atom stereocenters. The van der Waals surface area contributed by atoms with Gasteiger partial charge in [-0.15, -0.1) is 0 Å². The maximum absolute atomic E-state index is 12.9. The predicted molar refractivity (Wildman–Crippen MR) is 94.8 cm³/mol. The van der Waals surface area contributed by atoms with Gasteiger partial charge in [0.05, 0.1) is 17.7 Å². The van der Waals surface area contributed by atoms with Crippen LogP contribution in [-0.4, -0.2) is 24.9 Å². The SMILES string of the molecule is COc1cc(CNC[C@@H](C)O)cc(Br)c1OCc1ccc(F)cc1. The van der Waals surface area contributed by atoms with E-state index in [1.54, 1.807) is 26.2 Å². The molecule has 0 spiro atoms. The molecule has 0 saturated carbocycles. The Hall–Kier alpha value is -1.63. The monoisotopic (exact) mass is 397 g/mol. The van der Waals surface area contributed by atoms with Gasteiger partial charge in [0.25, 0.3) is 0 Å². The first-order chi connectivity index (χ1) is 11.5. The Labute approximate surface area is 149 Å². The Morgan fingerprint density at radius 3 is 2.54 bits per heavy atom. The van der Waals surface area contributed by atoms with Gasteiger partial charge < -0.3 is 19.9 Å². The summed E-state index contributed by atoms with van der Waals surface area (Å²) in [6.07, 6.45) is -0.395. The Morgan fingerprint density at radius 2 is 1.92 bits per heavy atom. The van der Waals surface area contributed by atoms with Crippen molar-refractivity contribution in [3.63, 3.8) is 0 Å². The summed E-state index contributed by atoms with van der Waals surface area (Å²) in [5, 5.41) is 12.4. The molecular formula is C18H21BrFNO3. The van der Waals surface area contributed by atoms with Crippen LogP contribution in [0.4, 0.5) is 4.39 Å². The van der Waals surface area contributed by atoms with Crippen molar-refractivity contribution in [3.05, 3.63) is 57.8 Å². The van der Waals surface area contributed by atoms with Crippen LogP contribution in [0.25, 0.3) is 0 Å². The van der Waals surface area contributed by atoms with Crippen LogP contribution in [0.3, 0.4) is 0 Å². The van der Waals surface area contributed by atoms with Crippen LogP contribution in [0.15, 0.2) is 40.9 Å². The summed E-state index contributed by atoms with van der Waals surface area (Å²) in [5.74, 6) is 0.938. The predicted octanol–water partition coefficient (Wildman–Crippen LogP) is 3.65. The minimum Gasteiger partial charge on any atom is -0.493 e. The average Bonchev–Trinajstić information content (AvgIpc) is 2.54. The molecule has 24 heavy (non-hydrogen) atoms. The highest BCUT2D eigenvalue weighted by molar-refractivity contribution is 9.10. The van der Waals surface area contributed by atoms with E-state index >= 15 is 0 Å². The number of rotatable bonds is 8. The van der Waals surface area contributed by atoms with Crippen molar-refractivity contribution in [1.82, 2.24) is 5.32 Å². The van der Waals surface area contributed by atoms with Gasteiger partial charge in [0, 0.05) is 13.1 Å². The van der Waals surface area contributed by atoms with Crippen molar-refractivity contribution in [2.45, 2.75) is 26.2 Å². The van der Waals surface area contributed by atoms with Crippen LogP contribution in [0.1, 0.15) is 18.1 Å². The maximum Gasteiger partial charge on any atom is 0.175 e. The van der Waals surface area contributed by atoms with Gasteiger partial charge in [0.1, 0.15) is 12.4 Å². The number of methoxy groups -OCH3 is 1. The third-order valence-corrected chi connectivity index (χ3v) is 3.94. The summed E-state index contributed by atoms with van der Waals surface area (Å²) < 4.78 is 25.0. The fourth-order valence-electron chi connectivity index (χ4n) is 2.18. The highest BCUT2D eigenvalue weighted by Gasteiger charge is 2.12. The van der Waals surface area contributed by atoms with Gasteiger partial charge in [0.15, 0.2) is 11.5 Å². The second-order valence-corrected chi connectivity index (χ2v) is 6.36. The van der Waals surface area contributed by atoms with Gasteiger partial charge >= 0.3 is 0 Å². The molecule has 0 bridgehead atoms. The van der Waals surface area contributed by atoms with Gasteiger partial charge in [-0.25, -0.2) is 4.39 Å². The minimum atomic E-state index is -0.395. The Kier molecular flexibility index (Phi) is 7.02. The van der Waals surface area contributed by atoms with Crippen molar-refractivity contribution in [2.24, 2.45) is 0 Å². The Morgan fingerprint density at radius 1 is 1.21 bits per heavy atom. The normalized spacial score (nSPS) is 12.0. The fourth-order valence-corrected chi connectivity index (χ4v) is 2.78. The topological polar surface area (TPSA) is 50.7 Å². The number of aliphatic hydroxyl groups is 1. The molecule has 0 aromatic heterocycles.